The van der Waals surface area contributed by atoms with E-state index in [0.717, 1.165) is 10.2 Å². The number of carbonyl (C=O) groups is 1. The summed E-state index contributed by atoms with van der Waals surface area (Å²) in [6.45, 7) is 0.370. The normalized spacial score (nSPS) is 14.5. The lowest BCUT2D eigenvalue weighted by molar-refractivity contribution is 0.0535. The van der Waals surface area contributed by atoms with E-state index >= 15 is 0 Å². The number of esters is 1. The molecule has 0 N–H and O–H groups in total. The van der Waals surface area contributed by atoms with Crippen molar-refractivity contribution in [3.8, 4) is 0 Å². The van der Waals surface area contributed by atoms with Crippen molar-refractivity contribution in [2.24, 2.45) is 0 Å². The van der Waals surface area contributed by atoms with Crippen molar-refractivity contribution in [2.45, 2.75) is 6.61 Å². The topological polar surface area (TPSA) is 39.2 Å². The quantitative estimate of drug-likeness (QED) is 0.485. The Bertz CT molecular complexity index is 324. The summed E-state index contributed by atoms with van der Waals surface area (Å²) in [7, 11) is 0. The molecule has 0 saturated heterocycles. The predicted octanol–water partition coefficient (Wildman–Crippen LogP) is 1.51. The minimum atomic E-state index is -0.278. The zero-order chi connectivity index (χ0) is 7.84. The molecule has 2 rings (SSSR count). The highest BCUT2D eigenvalue weighted by molar-refractivity contribution is 9.10. The van der Waals surface area contributed by atoms with E-state index in [2.05, 4.69) is 20.9 Å². The molecule has 0 radical (unpaired) electrons. The summed E-state index contributed by atoms with van der Waals surface area (Å²) in [5.74, 6) is -0.278. The average molecular weight is 214 g/mol. The zero-order valence-corrected chi connectivity index (χ0v) is 7.09. The van der Waals surface area contributed by atoms with Crippen LogP contribution in [0.4, 0.5) is 0 Å². The van der Waals surface area contributed by atoms with Gasteiger partial charge >= 0.3 is 5.97 Å². The summed E-state index contributed by atoms with van der Waals surface area (Å²) < 4.78 is 5.51. The summed E-state index contributed by atoms with van der Waals surface area (Å²) in [6, 6.07) is 1.79. The van der Waals surface area contributed by atoms with Gasteiger partial charge in [0.15, 0.2) is 0 Å². The smallest absolute Gasteiger partial charge is 0.340 e. The molecule has 0 aliphatic carbocycles. The molecular weight excluding hydrogens is 210 g/mol. The highest BCUT2D eigenvalue weighted by Crippen LogP contribution is 2.21. The maximum absolute atomic E-state index is 10.9. The molecule has 1 aliphatic heterocycles. The first-order valence-corrected chi connectivity index (χ1v) is 3.88. The summed E-state index contributed by atoms with van der Waals surface area (Å²) in [6.07, 6.45) is 1.52. The molecule has 0 fully saturated rings. The molecular formula is C7H4BrNO2. The third-order valence-electron chi connectivity index (χ3n) is 1.53. The number of rotatable bonds is 0. The molecule has 0 spiro atoms. The second kappa shape index (κ2) is 2.30. The highest BCUT2D eigenvalue weighted by atomic mass is 79.9. The van der Waals surface area contributed by atoms with Gasteiger partial charge in [-0.1, -0.05) is 0 Å². The van der Waals surface area contributed by atoms with E-state index in [1.165, 1.54) is 6.20 Å². The summed E-state index contributed by atoms with van der Waals surface area (Å²) in [5, 5.41) is 0. The third-order valence-corrected chi connectivity index (χ3v) is 1.97. The molecule has 0 aromatic carbocycles. The fraction of sp³-hybridized carbons (Fsp3) is 0.143. The van der Waals surface area contributed by atoms with E-state index in [1.54, 1.807) is 6.07 Å². The van der Waals surface area contributed by atoms with Gasteiger partial charge in [-0.25, -0.2) is 9.78 Å². The first kappa shape index (κ1) is 6.79. The predicted molar refractivity (Wildman–Crippen MR) is 41.1 cm³/mol. The molecule has 1 aromatic heterocycles. The van der Waals surface area contributed by atoms with E-state index in [4.69, 9.17) is 4.74 Å². The van der Waals surface area contributed by atoms with Crippen LogP contribution in [-0.4, -0.2) is 11.0 Å². The highest BCUT2D eigenvalue weighted by Gasteiger charge is 2.20. The van der Waals surface area contributed by atoms with Gasteiger partial charge in [-0.3, -0.25) is 0 Å². The van der Waals surface area contributed by atoms with Crippen LogP contribution in [0.25, 0.3) is 0 Å². The Kier molecular flexibility index (Phi) is 1.42. The van der Waals surface area contributed by atoms with Gasteiger partial charge < -0.3 is 4.74 Å². The van der Waals surface area contributed by atoms with Crippen LogP contribution in [0.15, 0.2) is 16.9 Å². The molecule has 0 unspecified atom stereocenters. The minimum absolute atomic E-state index is 0.278. The van der Waals surface area contributed by atoms with Crippen LogP contribution in [0.2, 0.25) is 0 Å². The molecule has 56 valence electrons. The summed E-state index contributed by atoms with van der Waals surface area (Å²) >= 11 is 3.21. The standard InChI is InChI=1S/C7H4BrNO2/c8-6-1-4-3-11-7(10)5(4)2-9-6/h1-2H,3H2. The monoisotopic (exact) mass is 213 g/mol. The molecule has 0 bridgehead atoms. The van der Waals surface area contributed by atoms with Gasteiger partial charge in [-0.2, -0.15) is 0 Å². The van der Waals surface area contributed by atoms with Gasteiger partial charge in [0.05, 0.1) is 5.56 Å². The Morgan fingerprint density at radius 3 is 3.27 bits per heavy atom. The Hall–Kier alpha value is -0.900. The van der Waals surface area contributed by atoms with Gasteiger partial charge in [0.25, 0.3) is 0 Å². The van der Waals surface area contributed by atoms with Crippen molar-refractivity contribution < 1.29 is 9.53 Å². The minimum Gasteiger partial charge on any atom is -0.457 e. The molecule has 0 saturated carbocycles. The maximum atomic E-state index is 10.9. The van der Waals surface area contributed by atoms with Gasteiger partial charge in [0, 0.05) is 11.8 Å². The average Bonchev–Trinajstić information content (AvgIpc) is 2.32. The number of ether oxygens (including phenoxy) is 1. The Labute approximate surface area is 71.5 Å². The largest absolute Gasteiger partial charge is 0.457 e. The number of halogens is 1. The van der Waals surface area contributed by atoms with Crippen molar-refractivity contribution in [2.75, 3.05) is 0 Å². The molecule has 1 aliphatic rings. The Morgan fingerprint density at radius 2 is 2.45 bits per heavy atom. The number of pyridine rings is 1. The molecule has 2 heterocycles. The Balaban J connectivity index is 2.59. The van der Waals surface area contributed by atoms with Crippen LogP contribution >= 0.6 is 15.9 Å². The van der Waals surface area contributed by atoms with Crippen LogP contribution in [0.1, 0.15) is 15.9 Å². The van der Waals surface area contributed by atoms with Gasteiger partial charge in [-0.05, 0) is 22.0 Å². The van der Waals surface area contributed by atoms with Crippen LogP contribution in [-0.2, 0) is 11.3 Å². The van der Waals surface area contributed by atoms with E-state index in [1.807, 2.05) is 0 Å². The molecule has 3 nitrogen and oxygen atoms in total. The number of fused-ring (bicyclic) bond motifs is 1. The lowest BCUT2D eigenvalue weighted by atomic mass is 10.2. The van der Waals surface area contributed by atoms with Crippen molar-refractivity contribution >= 4 is 21.9 Å². The third kappa shape index (κ3) is 1.03. The molecule has 0 atom stereocenters. The lowest BCUT2D eigenvalue weighted by Gasteiger charge is -1.91. The molecule has 1 aromatic rings. The zero-order valence-electron chi connectivity index (χ0n) is 5.50. The van der Waals surface area contributed by atoms with E-state index < -0.39 is 0 Å². The summed E-state index contributed by atoms with van der Waals surface area (Å²) in [5.41, 5.74) is 1.48. The number of carbonyl (C=O) groups excluding carboxylic acids is 1. The molecule has 0 amide bonds. The summed E-state index contributed by atoms with van der Waals surface area (Å²) in [4.78, 5) is 14.8. The van der Waals surface area contributed by atoms with Crippen molar-refractivity contribution in [3.05, 3.63) is 28.0 Å². The SMILES string of the molecule is O=C1OCc2cc(Br)ncc21. The van der Waals surface area contributed by atoms with Crippen molar-refractivity contribution in [1.29, 1.82) is 0 Å². The van der Waals surface area contributed by atoms with Gasteiger partial charge in [-0.15, -0.1) is 0 Å². The number of hydrogen-bond donors (Lipinski definition) is 0. The Morgan fingerprint density at radius 1 is 1.64 bits per heavy atom. The number of hydrogen-bond acceptors (Lipinski definition) is 3. The van der Waals surface area contributed by atoms with E-state index in [-0.39, 0.29) is 5.97 Å². The van der Waals surface area contributed by atoms with Crippen molar-refractivity contribution in [3.63, 3.8) is 0 Å². The number of aromatic nitrogens is 1. The van der Waals surface area contributed by atoms with Gasteiger partial charge in [0.1, 0.15) is 11.2 Å². The lowest BCUT2D eigenvalue weighted by Crippen LogP contribution is -1.93. The first-order chi connectivity index (χ1) is 5.27. The second-order valence-electron chi connectivity index (χ2n) is 2.24. The second-order valence-corrected chi connectivity index (χ2v) is 3.05. The number of nitrogens with zero attached hydrogens (tertiary/aromatic N) is 1. The maximum Gasteiger partial charge on any atom is 0.340 e. The van der Waals surface area contributed by atoms with Crippen LogP contribution in [0.5, 0.6) is 0 Å². The number of cyclic esters (lactones) is 1. The first-order valence-electron chi connectivity index (χ1n) is 3.09. The molecule has 11 heavy (non-hydrogen) atoms. The van der Waals surface area contributed by atoms with Gasteiger partial charge in [0.2, 0.25) is 0 Å². The molecule has 4 heteroatoms. The van der Waals surface area contributed by atoms with Crippen molar-refractivity contribution in [1.82, 2.24) is 4.98 Å². The van der Waals surface area contributed by atoms with Crippen LogP contribution < -0.4 is 0 Å². The van der Waals surface area contributed by atoms with Crippen LogP contribution in [0, 0.1) is 0 Å². The van der Waals surface area contributed by atoms with E-state index in [9.17, 15) is 4.79 Å². The van der Waals surface area contributed by atoms with Crippen LogP contribution in [0.3, 0.4) is 0 Å². The fourth-order valence-electron chi connectivity index (χ4n) is 0.992. The van der Waals surface area contributed by atoms with E-state index in [0.29, 0.717) is 12.2 Å². The fourth-order valence-corrected chi connectivity index (χ4v) is 1.37.